The number of H-pyrrole nitrogens is 1. The van der Waals surface area contributed by atoms with Crippen LogP contribution in [0, 0.1) is 6.92 Å². The van der Waals surface area contributed by atoms with Gasteiger partial charge in [0.15, 0.2) is 16.7 Å². The second-order valence-corrected chi connectivity index (χ2v) is 7.89. The van der Waals surface area contributed by atoms with Crippen LogP contribution in [0.5, 0.6) is 0 Å². The second-order valence-electron chi connectivity index (χ2n) is 5.82. The van der Waals surface area contributed by atoms with Crippen molar-refractivity contribution >= 4 is 35.2 Å². The standard InChI is InChI=1S/C17H15N9OS2/c1-10-3-4-11(7-18-10)28-16-14(15(27)22-12-5-6-26(2)25-12)23-13(8-19-16)29-17-20-9-21-24-17/h3-9H,1-2H3,(H,20,21,24)(H,22,25,27). The molecule has 0 bridgehead atoms. The summed E-state index contributed by atoms with van der Waals surface area (Å²) in [5, 5.41) is 15.0. The predicted octanol–water partition coefficient (Wildman–Crippen LogP) is 2.59. The number of aryl methyl sites for hydroxylation is 2. The van der Waals surface area contributed by atoms with E-state index in [1.165, 1.54) is 29.9 Å². The summed E-state index contributed by atoms with van der Waals surface area (Å²) in [4.78, 5) is 31.0. The molecule has 0 saturated carbocycles. The molecular weight excluding hydrogens is 410 g/mol. The van der Waals surface area contributed by atoms with Crippen molar-refractivity contribution in [2.24, 2.45) is 7.05 Å². The first-order valence-electron chi connectivity index (χ1n) is 8.38. The average molecular weight is 426 g/mol. The van der Waals surface area contributed by atoms with Crippen molar-refractivity contribution in [3.8, 4) is 0 Å². The third-order valence-corrected chi connectivity index (χ3v) is 5.35. The highest BCUT2D eigenvalue weighted by Gasteiger charge is 2.19. The van der Waals surface area contributed by atoms with E-state index in [9.17, 15) is 4.79 Å². The number of rotatable bonds is 6. The number of anilines is 1. The Morgan fingerprint density at radius 3 is 2.72 bits per heavy atom. The summed E-state index contributed by atoms with van der Waals surface area (Å²) in [7, 11) is 1.77. The molecule has 0 aliphatic heterocycles. The Morgan fingerprint density at radius 2 is 2.03 bits per heavy atom. The summed E-state index contributed by atoms with van der Waals surface area (Å²) < 4.78 is 1.60. The van der Waals surface area contributed by atoms with Gasteiger partial charge in [0.25, 0.3) is 5.91 Å². The highest BCUT2D eigenvalue weighted by molar-refractivity contribution is 7.99. The van der Waals surface area contributed by atoms with Gasteiger partial charge >= 0.3 is 0 Å². The summed E-state index contributed by atoms with van der Waals surface area (Å²) in [5.74, 6) is 0.0272. The Balaban J connectivity index is 1.64. The summed E-state index contributed by atoms with van der Waals surface area (Å²) in [6.07, 6.45) is 6.47. The molecule has 2 N–H and O–H groups in total. The molecule has 29 heavy (non-hydrogen) atoms. The van der Waals surface area contributed by atoms with Crippen LogP contribution in [0.15, 0.2) is 63.2 Å². The van der Waals surface area contributed by atoms with E-state index in [1.807, 2.05) is 19.1 Å². The molecule has 0 radical (unpaired) electrons. The zero-order valence-electron chi connectivity index (χ0n) is 15.4. The van der Waals surface area contributed by atoms with Crippen LogP contribution < -0.4 is 5.32 Å². The zero-order valence-corrected chi connectivity index (χ0v) is 17.0. The lowest BCUT2D eigenvalue weighted by molar-refractivity contribution is 0.101. The molecule has 12 heteroatoms. The van der Waals surface area contributed by atoms with Gasteiger partial charge in [0.05, 0.1) is 6.20 Å². The first-order chi connectivity index (χ1) is 14.1. The SMILES string of the molecule is Cc1ccc(Sc2ncc(Sc3ncn[nH]3)nc2C(=O)Nc2ccn(C)n2)cn1. The van der Waals surface area contributed by atoms with Gasteiger partial charge in [-0.15, -0.1) is 0 Å². The monoisotopic (exact) mass is 425 g/mol. The summed E-state index contributed by atoms with van der Waals surface area (Å²) in [6.45, 7) is 1.91. The molecule has 0 aliphatic carbocycles. The normalized spacial score (nSPS) is 10.8. The van der Waals surface area contributed by atoms with Crippen LogP contribution in [0.1, 0.15) is 16.2 Å². The van der Waals surface area contributed by atoms with Gasteiger partial charge in [0.1, 0.15) is 16.4 Å². The molecule has 0 spiro atoms. The first-order valence-corrected chi connectivity index (χ1v) is 10.0. The molecule has 0 fully saturated rings. The molecule has 4 heterocycles. The van der Waals surface area contributed by atoms with E-state index in [0.717, 1.165) is 10.6 Å². The van der Waals surface area contributed by atoms with E-state index in [2.05, 4.69) is 40.5 Å². The molecule has 0 aliphatic rings. The lowest BCUT2D eigenvalue weighted by Crippen LogP contribution is -2.16. The van der Waals surface area contributed by atoms with Crippen LogP contribution in [0.4, 0.5) is 5.82 Å². The minimum Gasteiger partial charge on any atom is -0.304 e. The fourth-order valence-electron chi connectivity index (χ4n) is 2.26. The number of pyridine rings is 1. The average Bonchev–Trinajstić information content (AvgIpc) is 3.36. The summed E-state index contributed by atoms with van der Waals surface area (Å²) >= 11 is 2.55. The number of aromatic nitrogens is 8. The molecule has 146 valence electrons. The maximum absolute atomic E-state index is 12.9. The van der Waals surface area contributed by atoms with Crippen molar-refractivity contribution in [3.05, 3.63) is 54.5 Å². The number of amides is 1. The van der Waals surface area contributed by atoms with Gasteiger partial charge in [-0.25, -0.2) is 15.0 Å². The molecule has 4 aromatic rings. The minimum atomic E-state index is -0.404. The predicted molar refractivity (Wildman–Crippen MR) is 107 cm³/mol. The molecule has 0 saturated heterocycles. The molecular formula is C17H15N9OS2. The van der Waals surface area contributed by atoms with Gasteiger partial charge in [0, 0.05) is 36.1 Å². The highest BCUT2D eigenvalue weighted by Crippen LogP contribution is 2.30. The molecule has 1 amide bonds. The van der Waals surface area contributed by atoms with Crippen molar-refractivity contribution < 1.29 is 4.79 Å². The molecule has 0 aromatic carbocycles. The van der Waals surface area contributed by atoms with Crippen LogP contribution in [-0.2, 0) is 7.05 Å². The van der Waals surface area contributed by atoms with E-state index >= 15 is 0 Å². The van der Waals surface area contributed by atoms with E-state index in [0.29, 0.717) is 21.0 Å². The van der Waals surface area contributed by atoms with Crippen LogP contribution >= 0.6 is 23.5 Å². The van der Waals surface area contributed by atoms with Gasteiger partial charge in [0.2, 0.25) is 0 Å². The molecule has 0 unspecified atom stereocenters. The Bertz CT molecular complexity index is 1130. The highest BCUT2D eigenvalue weighted by atomic mass is 32.2. The van der Waals surface area contributed by atoms with Gasteiger partial charge < -0.3 is 5.32 Å². The molecule has 0 atom stereocenters. The number of carbonyl (C=O) groups is 1. The quantitative estimate of drug-likeness (QED) is 0.479. The number of aromatic amines is 1. The van der Waals surface area contributed by atoms with Crippen molar-refractivity contribution in [3.63, 3.8) is 0 Å². The maximum atomic E-state index is 12.9. The smallest absolute Gasteiger partial charge is 0.278 e. The second kappa shape index (κ2) is 8.41. The topological polar surface area (TPSA) is 127 Å². The van der Waals surface area contributed by atoms with Gasteiger partial charge in [-0.05, 0) is 30.8 Å². The Kier molecular flexibility index (Phi) is 5.53. The third kappa shape index (κ3) is 4.78. The fourth-order valence-corrected chi connectivity index (χ4v) is 3.70. The lowest BCUT2D eigenvalue weighted by Gasteiger charge is -2.09. The van der Waals surface area contributed by atoms with E-state index < -0.39 is 5.91 Å². The Morgan fingerprint density at radius 1 is 1.14 bits per heavy atom. The molecule has 4 rings (SSSR count). The van der Waals surface area contributed by atoms with Gasteiger partial charge in [-0.2, -0.15) is 10.2 Å². The summed E-state index contributed by atoms with van der Waals surface area (Å²) in [5.41, 5.74) is 1.10. The van der Waals surface area contributed by atoms with Crippen molar-refractivity contribution in [2.45, 2.75) is 27.0 Å². The van der Waals surface area contributed by atoms with Crippen LogP contribution in [0.2, 0.25) is 0 Å². The molecule has 10 nitrogen and oxygen atoms in total. The molecule has 4 aromatic heterocycles. The maximum Gasteiger partial charge on any atom is 0.278 e. The number of hydrogen-bond acceptors (Lipinski definition) is 9. The van der Waals surface area contributed by atoms with E-state index in [-0.39, 0.29) is 5.69 Å². The zero-order chi connectivity index (χ0) is 20.2. The van der Waals surface area contributed by atoms with Gasteiger partial charge in [-0.3, -0.25) is 19.6 Å². The van der Waals surface area contributed by atoms with Crippen molar-refractivity contribution in [2.75, 3.05) is 5.32 Å². The van der Waals surface area contributed by atoms with Crippen LogP contribution in [0.25, 0.3) is 0 Å². The number of hydrogen-bond donors (Lipinski definition) is 2. The van der Waals surface area contributed by atoms with Gasteiger partial charge in [-0.1, -0.05) is 11.8 Å². The fraction of sp³-hybridized carbons (Fsp3) is 0.118. The van der Waals surface area contributed by atoms with Crippen LogP contribution in [0.3, 0.4) is 0 Å². The third-order valence-electron chi connectivity index (χ3n) is 3.58. The lowest BCUT2D eigenvalue weighted by atomic mass is 10.4. The number of carbonyl (C=O) groups excluding carboxylic acids is 1. The van der Waals surface area contributed by atoms with Crippen molar-refractivity contribution in [1.82, 2.24) is 39.9 Å². The Labute approximate surface area is 174 Å². The number of nitrogens with one attached hydrogen (secondary N) is 2. The largest absolute Gasteiger partial charge is 0.304 e. The van der Waals surface area contributed by atoms with E-state index in [4.69, 9.17) is 0 Å². The van der Waals surface area contributed by atoms with Crippen molar-refractivity contribution in [1.29, 1.82) is 0 Å². The minimum absolute atomic E-state index is 0.186. The van der Waals surface area contributed by atoms with E-state index in [1.54, 1.807) is 36.4 Å². The summed E-state index contributed by atoms with van der Waals surface area (Å²) in [6, 6.07) is 5.53. The first kappa shape index (κ1) is 19.1. The number of nitrogens with zero attached hydrogens (tertiary/aromatic N) is 7. The van der Waals surface area contributed by atoms with Crippen LogP contribution in [-0.4, -0.2) is 45.8 Å². The Hall–Kier alpha value is -3.25.